The molecule has 0 spiro atoms. The fourth-order valence-corrected chi connectivity index (χ4v) is 2.80. The van der Waals surface area contributed by atoms with Crippen LogP contribution in [0.25, 0.3) is 0 Å². The summed E-state index contributed by atoms with van der Waals surface area (Å²) >= 11 is 7.27. The van der Waals surface area contributed by atoms with Gasteiger partial charge in [0.1, 0.15) is 5.82 Å². The van der Waals surface area contributed by atoms with Crippen LogP contribution in [0, 0.1) is 0 Å². The molecule has 0 aliphatic rings. The van der Waals surface area contributed by atoms with Crippen molar-refractivity contribution in [2.75, 3.05) is 0 Å². The second-order valence-electron chi connectivity index (χ2n) is 3.90. The summed E-state index contributed by atoms with van der Waals surface area (Å²) in [7, 11) is 0. The highest BCUT2D eigenvalue weighted by molar-refractivity contribution is 7.16. The molecule has 17 heavy (non-hydrogen) atoms. The van der Waals surface area contributed by atoms with E-state index in [1.54, 1.807) is 6.20 Å². The lowest BCUT2D eigenvalue weighted by Crippen LogP contribution is -2.08. The molecule has 1 unspecified atom stereocenters. The van der Waals surface area contributed by atoms with Crippen LogP contribution < -0.4 is 0 Å². The van der Waals surface area contributed by atoms with Gasteiger partial charge in [0.25, 0.3) is 0 Å². The minimum atomic E-state index is -0.523. The van der Waals surface area contributed by atoms with Crippen molar-refractivity contribution in [2.24, 2.45) is 0 Å². The lowest BCUT2D eigenvalue weighted by atomic mass is 10.2. The van der Waals surface area contributed by atoms with E-state index >= 15 is 0 Å². The number of aliphatic hydroxyl groups is 1. The van der Waals surface area contributed by atoms with Gasteiger partial charge < -0.3 is 9.67 Å². The van der Waals surface area contributed by atoms with E-state index in [0.29, 0.717) is 10.8 Å². The van der Waals surface area contributed by atoms with Gasteiger partial charge in [-0.1, -0.05) is 18.5 Å². The van der Waals surface area contributed by atoms with E-state index in [9.17, 15) is 5.11 Å². The molecule has 5 heteroatoms. The number of hydrogen-bond donors (Lipinski definition) is 1. The first kappa shape index (κ1) is 12.6. The van der Waals surface area contributed by atoms with Gasteiger partial charge in [0, 0.05) is 30.2 Å². The maximum absolute atomic E-state index is 10.1. The topological polar surface area (TPSA) is 38.0 Å². The molecule has 1 N–H and O–H groups in total. The van der Waals surface area contributed by atoms with Crippen LogP contribution in [-0.4, -0.2) is 14.7 Å². The maximum atomic E-state index is 10.1. The van der Waals surface area contributed by atoms with Crippen LogP contribution in [0.15, 0.2) is 24.5 Å². The Morgan fingerprint density at radius 3 is 3.00 bits per heavy atom. The van der Waals surface area contributed by atoms with Crippen LogP contribution in [0.4, 0.5) is 0 Å². The Morgan fingerprint density at radius 2 is 2.35 bits per heavy atom. The van der Waals surface area contributed by atoms with Gasteiger partial charge in [0.15, 0.2) is 0 Å². The van der Waals surface area contributed by atoms with E-state index < -0.39 is 6.10 Å². The molecule has 2 heterocycles. The number of nitrogens with zero attached hydrogens (tertiary/aromatic N) is 2. The Bertz CT molecular complexity index is 480. The molecule has 3 nitrogen and oxygen atoms in total. The predicted molar refractivity (Wildman–Crippen MR) is 70.5 cm³/mol. The van der Waals surface area contributed by atoms with E-state index in [1.165, 1.54) is 11.3 Å². The summed E-state index contributed by atoms with van der Waals surface area (Å²) in [5, 5.41) is 10.1. The van der Waals surface area contributed by atoms with Crippen molar-refractivity contribution in [3.8, 4) is 0 Å². The SMILES string of the molecule is CCCn1ccnc1CC(O)c1ccc(Cl)s1. The van der Waals surface area contributed by atoms with Gasteiger partial charge in [-0.15, -0.1) is 11.3 Å². The molecule has 0 fully saturated rings. The summed E-state index contributed by atoms with van der Waals surface area (Å²) in [5.41, 5.74) is 0. The van der Waals surface area contributed by atoms with Gasteiger partial charge in [-0.25, -0.2) is 4.98 Å². The monoisotopic (exact) mass is 270 g/mol. The van der Waals surface area contributed by atoms with E-state index in [-0.39, 0.29) is 0 Å². The Balaban J connectivity index is 2.07. The largest absolute Gasteiger partial charge is 0.387 e. The second-order valence-corrected chi connectivity index (χ2v) is 5.65. The first-order valence-electron chi connectivity index (χ1n) is 5.64. The van der Waals surface area contributed by atoms with Crippen molar-refractivity contribution in [1.29, 1.82) is 0 Å². The van der Waals surface area contributed by atoms with Gasteiger partial charge in [-0.2, -0.15) is 0 Å². The van der Waals surface area contributed by atoms with Crippen molar-refractivity contribution in [2.45, 2.75) is 32.4 Å². The number of rotatable bonds is 5. The lowest BCUT2D eigenvalue weighted by molar-refractivity contribution is 0.178. The Hall–Kier alpha value is -0.840. The van der Waals surface area contributed by atoms with E-state index in [2.05, 4.69) is 16.5 Å². The van der Waals surface area contributed by atoms with Crippen molar-refractivity contribution >= 4 is 22.9 Å². The zero-order chi connectivity index (χ0) is 12.3. The normalized spacial score (nSPS) is 12.9. The zero-order valence-corrected chi connectivity index (χ0v) is 11.2. The average Bonchev–Trinajstić information content (AvgIpc) is 2.89. The van der Waals surface area contributed by atoms with Gasteiger partial charge in [-0.05, 0) is 18.6 Å². The van der Waals surface area contributed by atoms with E-state index in [0.717, 1.165) is 23.7 Å². The van der Waals surface area contributed by atoms with Crippen LogP contribution in [0.1, 0.15) is 30.2 Å². The van der Waals surface area contributed by atoms with Gasteiger partial charge >= 0.3 is 0 Å². The fraction of sp³-hybridized carbons (Fsp3) is 0.417. The summed E-state index contributed by atoms with van der Waals surface area (Å²) in [5.74, 6) is 0.920. The third-order valence-electron chi connectivity index (χ3n) is 2.56. The van der Waals surface area contributed by atoms with Crippen LogP contribution in [0.2, 0.25) is 4.34 Å². The standard InChI is InChI=1S/C12H15ClN2OS/c1-2-6-15-7-5-14-12(15)8-9(16)10-3-4-11(13)17-10/h3-5,7,9,16H,2,6,8H2,1H3. The second kappa shape index (κ2) is 5.67. The van der Waals surface area contributed by atoms with Gasteiger partial charge in [0.2, 0.25) is 0 Å². The number of aromatic nitrogens is 2. The van der Waals surface area contributed by atoms with Gasteiger partial charge in [-0.3, -0.25) is 0 Å². The summed E-state index contributed by atoms with van der Waals surface area (Å²) in [6.07, 6.45) is 4.80. The summed E-state index contributed by atoms with van der Waals surface area (Å²) in [4.78, 5) is 5.17. The Labute approximate surface area is 110 Å². The summed E-state index contributed by atoms with van der Waals surface area (Å²) in [6.45, 7) is 3.06. The van der Waals surface area contributed by atoms with Crippen molar-refractivity contribution < 1.29 is 5.11 Å². The van der Waals surface area contributed by atoms with Crippen LogP contribution in [0.5, 0.6) is 0 Å². The first-order valence-corrected chi connectivity index (χ1v) is 6.83. The average molecular weight is 271 g/mol. The minimum absolute atomic E-state index is 0.523. The molecule has 0 aromatic carbocycles. The summed E-state index contributed by atoms with van der Waals surface area (Å²) in [6, 6.07) is 3.67. The molecule has 0 aliphatic carbocycles. The molecule has 1 atom stereocenters. The van der Waals surface area contributed by atoms with E-state index in [4.69, 9.17) is 11.6 Å². The maximum Gasteiger partial charge on any atom is 0.111 e. The molecule has 2 aromatic heterocycles. The number of aryl methyl sites for hydroxylation is 1. The number of imidazole rings is 1. The Morgan fingerprint density at radius 1 is 1.53 bits per heavy atom. The third-order valence-corrected chi connectivity index (χ3v) is 3.90. The molecule has 92 valence electrons. The van der Waals surface area contributed by atoms with Crippen LogP contribution in [-0.2, 0) is 13.0 Å². The van der Waals surface area contributed by atoms with Crippen molar-refractivity contribution in [1.82, 2.24) is 9.55 Å². The predicted octanol–water partition coefficient (Wildman–Crippen LogP) is 3.28. The highest BCUT2D eigenvalue weighted by Gasteiger charge is 2.14. The molecule has 2 rings (SSSR count). The minimum Gasteiger partial charge on any atom is -0.387 e. The molecular weight excluding hydrogens is 256 g/mol. The smallest absolute Gasteiger partial charge is 0.111 e. The van der Waals surface area contributed by atoms with Gasteiger partial charge in [0.05, 0.1) is 10.4 Å². The first-order chi connectivity index (χ1) is 8.20. The van der Waals surface area contributed by atoms with Crippen molar-refractivity contribution in [3.63, 3.8) is 0 Å². The molecule has 0 amide bonds. The number of aliphatic hydroxyl groups excluding tert-OH is 1. The zero-order valence-electron chi connectivity index (χ0n) is 9.64. The van der Waals surface area contributed by atoms with Crippen molar-refractivity contribution in [3.05, 3.63) is 39.6 Å². The molecule has 2 aromatic rings. The summed E-state index contributed by atoms with van der Waals surface area (Å²) < 4.78 is 2.79. The quantitative estimate of drug-likeness (QED) is 0.905. The third kappa shape index (κ3) is 3.09. The molecule has 0 radical (unpaired) electrons. The molecule has 0 bridgehead atoms. The molecular formula is C12H15ClN2OS. The highest BCUT2D eigenvalue weighted by atomic mass is 35.5. The molecule has 0 saturated heterocycles. The number of hydrogen-bond acceptors (Lipinski definition) is 3. The number of halogens is 1. The van der Waals surface area contributed by atoms with E-state index in [1.807, 2.05) is 18.3 Å². The lowest BCUT2D eigenvalue weighted by Gasteiger charge is -2.10. The molecule has 0 saturated carbocycles. The van der Waals surface area contributed by atoms with Crippen LogP contribution in [0.3, 0.4) is 0 Å². The highest BCUT2D eigenvalue weighted by Crippen LogP contribution is 2.28. The van der Waals surface area contributed by atoms with Crippen LogP contribution >= 0.6 is 22.9 Å². The number of thiophene rings is 1. The Kier molecular flexibility index (Phi) is 4.20. The fourth-order valence-electron chi connectivity index (χ4n) is 1.76. The molecule has 0 aliphatic heterocycles.